The molecule has 4 nitrogen and oxygen atoms in total. The van der Waals surface area contributed by atoms with Crippen LogP contribution < -0.4 is 15.5 Å². The Bertz CT molecular complexity index is 629. The first kappa shape index (κ1) is 13.2. The van der Waals surface area contributed by atoms with Gasteiger partial charge in [0.1, 0.15) is 5.82 Å². The number of hydrogen-bond donors (Lipinski definition) is 1. The Morgan fingerprint density at radius 1 is 1.15 bits per heavy atom. The van der Waals surface area contributed by atoms with E-state index >= 15 is 0 Å². The molecule has 0 unspecified atom stereocenters. The lowest BCUT2D eigenvalue weighted by Gasteiger charge is -2.36. The van der Waals surface area contributed by atoms with Crippen molar-refractivity contribution in [2.75, 3.05) is 29.9 Å². The van der Waals surface area contributed by atoms with E-state index < -0.39 is 0 Å². The minimum atomic E-state index is 0.349. The highest BCUT2D eigenvalue weighted by Crippen LogP contribution is 2.36. The topological polar surface area (TPSA) is 45.4 Å². The smallest absolute Gasteiger partial charge is 0.133 e. The van der Waals surface area contributed by atoms with Crippen LogP contribution in [0.3, 0.4) is 0 Å². The van der Waals surface area contributed by atoms with Gasteiger partial charge in [0.2, 0.25) is 0 Å². The molecule has 2 N–H and O–H groups in total. The van der Waals surface area contributed by atoms with Gasteiger partial charge in [0.05, 0.1) is 22.1 Å². The third-order valence-corrected chi connectivity index (χ3v) is 3.96. The molecule has 0 radical (unpaired) electrons. The maximum atomic E-state index is 6.09. The summed E-state index contributed by atoms with van der Waals surface area (Å²) in [6.45, 7) is 2.20. The van der Waals surface area contributed by atoms with Crippen molar-refractivity contribution in [3.63, 3.8) is 0 Å². The summed E-state index contributed by atoms with van der Waals surface area (Å²) in [5.41, 5.74) is 8.81. The monoisotopic (exact) mass is 288 g/mol. The summed E-state index contributed by atoms with van der Waals surface area (Å²) in [5.74, 6) is 0.899. The fraction of sp³-hybridized carbons (Fsp3) is 0.267. The molecule has 20 heavy (non-hydrogen) atoms. The zero-order chi connectivity index (χ0) is 14.1. The maximum Gasteiger partial charge on any atom is 0.133 e. The lowest BCUT2D eigenvalue weighted by atomic mass is 10.1. The second-order valence-electron chi connectivity index (χ2n) is 4.86. The molecule has 104 valence electrons. The van der Waals surface area contributed by atoms with E-state index in [1.54, 1.807) is 0 Å². The zero-order valence-electron chi connectivity index (χ0n) is 11.4. The summed E-state index contributed by atoms with van der Waals surface area (Å²) in [4.78, 5) is 9.06. The van der Waals surface area contributed by atoms with E-state index in [1.165, 1.54) is 11.4 Å². The van der Waals surface area contributed by atoms with E-state index in [0.717, 1.165) is 24.6 Å². The number of hydrogen-bond acceptors (Lipinski definition) is 4. The molecule has 0 saturated carbocycles. The zero-order valence-corrected chi connectivity index (χ0v) is 12.1. The van der Waals surface area contributed by atoms with E-state index in [0.29, 0.717) is 11.6 Å². The summed E-state index contributed by atoms with van der Waals surface area (Å²) >= 11 is 6.09. The van der Waals surface area contributed by atoms with Crippen LogP contribution >= 0.6 is 11.6 Å². The molecule has 1 aliphatic heterocycles. The molecular weight excluding hydrogens is 272 g/mol. The maximum absolute atomic E-state index is 6.09. The predicted molar refractivity (Wildman–Crippen MR) is 83.9 cm³/mol. The van der Waals surface area contributed by atoms with Gasteiger partial charge in [0, 0.05) is 26.7 Å². The number of halogens is 1. The Kier molecular flexibility index (Phi) is 3.51. The second kappa shape index (κ2) is 5.31. The van der Waals surface area contributed by atoms with Gasteiger partial charge in [0.25, 0.3) is 0 Å². The van der Waals surface area contributed by atoms with Crippen LogP contribution in [0.25, 0.3) is 0 Å². The molecule has 0 fully saturated rings. The average molecular weight is 289 g/mol. The summed E-state index contributed by atoms with van der Waals surface area (Å²) in [5, 5.41) is 0.624. The van der Waals surface area contributed by atoms with E-state index in [-0.39, 0.29) is 0 Å². The molecule has 2 aromatic rings. The molecule has 0 atom stereocenters. The Hall–Kier alpha value is -1.78. The lowest BCUT2D eigenvalue weighted by Crippen LogP contribution is -2.36. The molecule has 0 aliphatic carbocycles. The van der Waals surface area contributed by atoms with Crippen LogP contribution in [0.5, 0.6) is 0 Å². The number of fused-ring (bicyclic) bond motifs is 1. The number of aromatic nitrogens is 1. The van der Waals surface area contributed by atoms with Crippen LogP contribution in [-0.4, -0.2) is 25.1 Å². The van der Waals surface area contributed by atoms with E-state index in [4.69, 9.17) is 17.3 Å². The molecular formula is C15H17ClN4. The quantitative estimate of drug-likeness (QED) is 0.923. The number of rotatable bonds is 2. The van der Waals surface area contributed by atoms with Crippen LogP contribution in [0.15, 0.2) is 36.4 Å². The standard InChI is InChI=1S/C15H17ClN4/c1-19-8-9-20(14-5-3-2-4-13(14)19)15-7-6-11(16)12(10-17)18-15/h2-7H,8-10,17H2,1H3. The van der Waals surface area contributed by atoms with Gasteiger partial charge in [-0.1, -0.05) is 23.7 Å². The number of nitrogens with two attached hydrogens (primary N) is 1. The Morgan fingerprint density at radius 2 is 1.90 bits per heavy atom. The van der Waals surface area contributed by atoms with Gasteiger partial charge < -0.3 is 15.5 Å². The molecule has 1 aromatic heterocycles. The highest BCUT2D eigenvalue weighted by atomic mass is 35.5. The number of pyridine rings is 1. The highest BCUT2D eigenvalue weighted by Gasteiger charge is 2.22. The second-order valence-corrected chi connectivity index (χ2v) is 5.27. The first-order valence-electron chi connectivity index (χ1n) is 6.64. The fourth-order valence-electron chi connectivity index (χ4n) is 2.51. The van der Waals surface area contributed by atoms with Gasteiger partial charge in [0.15, 0.2) is 0 Å². The van der Waals surface area contributed by atoms with Crippen molar-refractivity contribution in [1.82, 2.24) is 4.98 Å². The first-order valence-corrected chi connectivity index (χ1v) is 7.01. The van der Waals surface area contributed by atoms with Crippen molar-refractivity contribution < 1.29 is 0 Å². The Morgan fingerprint density at radius 3 is 2.65 bits per heavy atom. The summed E-state index contributed by atoms with van der Waals surface area (Å²) in [7, 11) is 2.11. The lowest BCUT2D eigenvalue weighted by molar-refractivity contribution is 0.809. The van der Waals surface area contributed by atoms with E-state index in [2.05, 4.69) is 40.0 Å². The van der Waals surface area contributed by atoms with Gasteiger partial charge >= 0.3 is 0 Å². The van der Waals surface area contributed by atoms with E-state index in [9.17, 15) is 0 Å². The predicted octanol–water partition coefficient (Wildman–Crippen LogP) is 2.78. The molecule has 0 spiro atoms. The molecule has 5 heteroatoms. The summed E-state index contributed by atoms with van der Waals surface area (Å²) < 4.78 is 0. The molecule has 2 heterocycles. The summed E-state index contributed by atoms with van der Waals surface area (Å²) in [6, 6.07) is 12.2. The highest BCUT2D eigenvalue weighted by molar-refractivity contribution is 6.31. The number of likely N-dealkylation sites (N-methyl/N-ethyl adjacent to an activating group) is 1. The van der Waals surface area contributed by atoms with Crippen molar-refractivity contribution in [3.8, 4) is 0 Å². The average Bonchev–Trinajstić information content (AvgIpc) is 2.49. The van der Waals surface area contributed by atoms with Crippen molar-refractivity contribution >= 4 is 28.8 Å². The molecule has 0 saturated heterocycles. The SMILES string of the molecule is CN1CCN(c2ccc(Cl)c(CN)n2)c2ccccc21. The van der Waals surface area contributed by atoms with Crippen LogP contribution in [0.4, 0.5) is 17.2 Å². The number of benzene rings is 1. The van der Waals surface area contributed by atoms with Crippen LogP contribution in [0, 0.1) is 0 Å². The third-order valence-electron chi connectivity index (χ3n) is 3.62. The normalized spacial score (nSPS) is 14.3. The Labute approximate surface area is 123 Å². The number of nitrogens with zero attached hydrogens (tertiary/aromatic N) is 3. The first-order chi connectivity index (χ1) is 9.70. The number of anilines is 3. The molecule has 3 rings (SSSR count). The minimum absolute atomic E-state index is 0.349. The molecule has 0 amide bonds. The molecule has 1 aromatic carbocycles. The van der Waals surface area contributed by atoms with Crippen molar-refractivity contribution in [2.24, 2.45) is 5.73 Å². The molecule has 1 aliphatic rings. The fourth-order valence-corrected chi connectivity index (χ4v) is 2.69. The van der Waals surface area contributed by atoms with Gasteiger partial charge in [-0.2, -0.15) is 0 Å². The largest absolute Gasteiger partial charge is 0.371 e. The van der Waals surface area contributed by atoms with Crippen LogP contribution in [-0.2, 0) is 6.54 Å². The minimum Gasteiger partial charge on any atom is -0.371 e. The van der Waals surface area contributed by atoms with E-state index in [1.807, 2.05) is 18.2 Å². The van der Waals surface area contributed by atoms with Gasteiger partial charge in [-0.15, -0.1) is 0 Å². The Balaban J connectivity index is 2.05. The van der Waals surface area contributed by atoms with Crippen LogP contribution in [0.2, 0.25) is 5.02 Å². The van der Waals surface area contributed by atoms with Crippen LogP contribution in [0.1, 0.15) is 5.69 Å². The van der Waals surface area contributed by atoms with Gasteiger partial charge in [-0.25, -0.2) is 4.98 Å². The third kappa shape index (κ3) is 2.21. The summed E-state index contributed by atoms with van der Waals surface area (Å²) in [6.07, 6.45) is 0. The van der Waals surface area contributed by atoms with Crippen molar-refractivity contribution in [2.45, 2.75) is 6.54 Å². The van der Waals surface area contributed by atoms with Crippen molar-refractivity contribution in [3.05, 3.63) is 47.1 Å². The van der Waals surface area contributed by atoms with Crippen molar-refractivity contribution in [1.29, 1.82) is 0 Å². The van der Waals surface area contributed by atoms with Gasteiger partial charge in [-0.3, -0.25) is 0 Å². The molecule has 0 bridgehead atoms. The van der Waals surface area contributed by atoms with Gasteiger partial charge in [-0.05, 0) is 24.3 Å². The number of para-hydroxylation sites is 2.